The SMILES string of the molecule is O=C(CCC1CCCC1)NCC(=O)NC(Cc1ccccc1)C(=O)O. The van der Waals surface area contributed by atoms with Crippen LogP contribution < -0.4 is 10.6 Å². The van der Waals surface area contributed by atoms with Crippen LogP contribution in [0.25, 0.3) is 0 Å². The number of carboxylic acids is 1. The van der Waals surface area contributed by atoms with E-state index in [2.05, 4.69) is 10.6 Å². The molecule has 0 spiro atoms. The first kappa shape index (κ1) is 19.0. The molecule has 1 aromatic carbocycles. The van der Waals surface area contributed by atoms with Gasteiger partial charge in [0, 0.05) is 12.8 Å². The van der Waals surface area contributed by atoms with Gasteiger partial charge in [-0.3, -0.25) is 9.59 Å². The van der Waals surface area contributed by atoms with E-state index in [9.17, 15) is 19.5 Å². The Hall–Kier alpha value is -2.37. The molecule has 1 atom stereocenters. The molecule has 0 aromatic heterocycles. The zero-order valence-corrected chi connectivity index (χ0v) is 14.4. The zero-order valence-electron chi connectivity index (χ0n) is 14.4. The van der Waals surface area contributed by atoms with Crippen molar-refractivity contribution in [1.29, 1.82) is 0 Å². The highest BCUT2D eigenvalue weighted by Crippen LogP contribution is 2.28. The highest BCUT2D eigenvalue weighted by Gasteiger charge is 2.21. The number of hydrogen-bond donors (Lipinski definition) is 3. The fourth-order valence-corrected chi connectivity index (χ4v) is 3.20. The molecule has 25 heavy (non-hydrogen) atoms. The number of rotatable bonds is 9. The molecular formula is C19H26N2O4. The normalized spacial score (nSPS) is 15.5. The van der Waals surface area contributed by atoms with Crippen LogP contribution in [0.1, 0.15) is 44.1 Å². The first-order valence-corrected chi connectivity index (χ1v) is 8.87. The number of hydrogen-bond acceptors (Lipinski definition) is 3. The summed E-state index contributed by atoms with van der Waals surface area (Å²) in [6.45, 7) is -0.192. The Morgan fingerprint density at radius 2 is 1.76 bits per heavy atom. The van der Waals surface area contributed by atoms with Crippen LogP contribution in [0.4, 0.5) is 0 Å². The average molecular weight is 346 g/mol. The van der Waals surface area contributed by atoms with Gasteiger partial charge in [-0.25, -0.2) is 4.79 Å². The standard InChI is InChI=1S/C19H26N2O4/c22-17(11-10-14-6-4-5-7-14)20-13-18(23)21-16(19(24)25)12-15-8-2-1-3-9-15/h1-3,8-9,14,16H,4-7,10-13H2,(H,20,22)(H,21,23)(H,24,25). The molecule has 1 unspecified atom stereocenters. The van der Waals surface area contributed by atoms with Crippen molar-refractivity contribution in [3.63, 3.8) is 0 Å². The topological polar surface area (TPSA) is 95.5 Å². The maximum absolute atomic E-state index is 11.9. The van der Waals surface area contributed by atoms with Crippen LogP contribution in [0, 0.1) is 5.92 Å². The molecule has 6 heteroatoms. The van der Waals surface area contributed by atoms with Gasteiger partial charge in [-0.2, -0.15) is 0 Å². The maximum atomic E-state index is 11.9. The fourth-order valence-electron chi connectivity index (χ4n) is 3.20. The molecule has 2 rings (SSSR count). The number of aliphatic carboxylic acids is 1. The first-order valence-electron chi connectivity index (χ1n) is 8.87. The minimum absolute atomic E-state index is 0.156. The summed E-state index contributed by atoms with van der Waals surface area (Å²) in [5.41, 5.74) is 0.829. The lowest BCUT2D eigenvalue weighted by Crippen LogP contribution is -2.46. The van der Waals surface area contributed by atoms with Gasteiger partial charge in [0.2, 0.25) is 11.8 Å². The molecular weight excluding hydrogens is 320 g/mol. The van der Waals surface area contributed by atoms with Gasteiger partial charge in [-0.15, -0.1) is 0 Å². The summed E-state index contributed by atoms with van der Waals surface area (Å²) in [7, 11) is 0. The average Bonchev–Trinajstić information content (AvgIpc) is 3.12. The fraction of sp³-hybridized carbons (Fsp3) is 0.526. The van der Waals surface area contributed by atoms with Crippen molar-refractivity contribution >= 4 is 17.8 Å². The van der Waals surface area contributed by atoms with E-state index < -0.39 is 17.9 Å². The van der Waals surface area contributed by atoms with Crippen molar-refractivity contribution in [3.8, 4) is 0 Å². The Morgan fingerprint density at radius 1 is 1.08 bits per heavy atom. The Bertz CT molecular complexity index is 582. The molecule has 1 aromatic rings. The lowest BCUT2D eigenvalue weighted by molar-refractivity contribution is -0.141. The number of amides is 2. The van der Waals surface area contributed by atoms with Crippen molar-refractivity contribution in [3.05, 3.63) is 35.9 Å². The highest BCUT2D eigenvalue weighted by atomic mass is 16.4. The maximum Gasteiger partial charge on any atom is 0.326 e. The summed E-state index contributed by atoms with van der Waals surface area (Å²) in [5, 5.41) is 14.3. The Morgan fingerprint density at radius 3 is 2.40 bits per heavy atom. The van der Waals surface area contributed by atoms with Gasteiger partial charge in [0.1, 0.15) is 6.04 Å². The summed E-state index contributed by atoms with van der Waals surface area (Å²) >= 11 is 0. The van der Waals surface area contributed by atoms with Gasteiger partial charge in [-0.05, 0) is 17.9 Å². The summed E-state index contributed by atoms with van der Waals surface area (Å²) < 4.78 is 0. The van der Waals surface area contributed by atoms with Crippen LogP contribution in [0.3, 0.4) is 0 Å². The minimum Gasteiger partial charge on any atom is -0.480 e. The van der Waals surface area contributed by atoms with Crippen molar-refractivity contribution in [1.82, 2.24) is 10.6 Å². The lowest BCUT2D eigenvalue weighted by atomic mass is 10.0. The Labute approximate surface area is 148 Å². The van der Waals surface area contributed by atoms with Crippen molar-refractivity contribution in [2.75, 3.05) is 6.54 Å². The Kier molecular flexibility index (Phi) is 7.44. The van der Waals surface area contributed by atoms with Gasteiger partial charge in [0.15, 0.2) is 0 Å². The molecule has 0 radical (unpaired) electrons. The molecule has 2 amide bonds. The molecule has 1 saturated carbocycles. The predicted molar refractivity (Wildman–Crippen MR) is 93.9 cm³/mol. The molecule has 0 bridgehead atoms. The van der Waals surface area contributed by atoms with E-state index in [0.717, 1.165) is 12.0 Å². The number of nitrogens with one attached hydrogen (secondary N) is 2. The largest absolute Gasteiger partial charge is 0.480 e. The van der Waals surface area contributed by atoms with Gasteiger partial charge < -0.3 is 15.7 Å². The second-order valence-electron chi connectivity index (χ2n) is 6.61. The van der Waals surface area contributed by atoms with Crippen LogP contribution in [0.2, 0.25) is 0 Å². The van der Waals surface area contributed by atoms with Gasteiger partial charge in [0.25, 0.3) is 0 Å². The summed E-state index contributed by atoms with van der Waals surface area (Å²) in [5.74, 6) is -1.11. The summed E-state index contributed by atoms with van der Waals surface area (Å²) in [4.78, 5) is 35.1. The van der Waals surface area contributed by atoms with Crippen LogP contribution >= 0.6 is 0 Å². The second kappa shape index (κ2) is 9.81. The quantitative estimate of drug-likeness (QED) is 0.636. The molecule has 0 aliphatic heterocycles. The van der Waals surface area contributed by atoms with E-state index in [1.807, 2.05) is 30.3 Å². The van der Waals surface area contributed by atoms with E-state index in [1.165, 1.54) is 25.7 Å². The molecule has 1 aliphatic rings. The van der Waals surface area contributed by atoms with Crippen LogP contribution in [0.15, 0.2) is 30.3 Å². The van der Waals surface area contributed by atoms with E-state index in [4.69, 9.17) is 0 Å². The lowest BCUT2D eigenvalue weighted by Gasteiger charge is -2.15. The van der Waals surface area contributed by atoms with E-state index in [1.54, 1.807) is 0 Å². The molecule has 1 fully saturated rings. The van der Waals surface area contributed by atoms with Crippen molar-refractivity contribution < 1.29 is 19.5 Å². The van der Waals surface area contributed by atoms with Gasteiger partial charge >= 0.3 is 5.97 Å². The molecule has 6 nitrogen and oxygen atoms in total. The molecule has 0 saturated heterocycles. The molecule has 0 heterocycles. The molecule has 3 N–H and O–H groups in total. The highest BCUT2D eigenvalue weighted by molar-refractivity contribution is 5.87. The summed E-state index contributed by atoms with van der Waals surface area (Å²) in [6, 6.07) is 8.10. The monoisotopic (exact) mass is 346 g/mol. The van der Waals surface area contributed by atoms with Crippen LogP contribution in [-0.2, 0) is 20.8 Å². The third-order valence-corrected chi connectivity index (χ3v) is 4.62. The van der Waals surface area contributed by atoms with Crippen LogP contribution in [-0.4, -0.2) is 35.5 Å². The zero-order chi connectivity index (χ0) is 18.1. The Balaban J connectivity index is 1.71. The number of benzene rings is 1. The predicted octanol–water partition coefficient (Wildman–Crippen LogP) is 1.89. The van der Waals surface area contributed by atoms with Crippen molar-refractivity contribution in [2.45, 2.75) is 51.0 Å². The third-order valence-electron chi connectivity index (χ3n) is 4.62. The van der Waals surface area contributed by atoms with Gasteiger partial charge in [-0.1, -0.05) is 56.0 Å². The minimum atomic E-state index is -1.09. The number of carboxylic acid groups (broad SMARTS) is 1. The first-order chi connectivity index (χ1) is 12.0. The third kappa shape index (κ3) is 6.95. The smallest absolute Gasteiger partial charge is 0.326 e. The molecule has 136 valence electrons. The number of carbonyl (C=O) groups is 3. The second-order valence-corrected chi connectivity index (χ2v) is 6.61. The van der Waals surface area contributed by atoms with E-state index >= 15 is 0 Å². The number of carbonyl (C=O) groups excluding carboxylic acids is 2. The summed E-state index contributed by atoms with van der Waals surface area (Å²) in [6.07, 6.45) is 6.35. The van der Waals surface area contributed by atoms with Crippen LogP contribution in [0.5, 0.6) is 0 Å². The van der Waals surface area contributed by atoms with Crippen molar-refractivity contribution in [2.24, 2.45) is 5.92 Å². The van der Waals surface area contributed by atoms with Gasteiger partial charge in [0.05, 0.1) is 6.54 Å². The van der Waals surface area contributed by atoms with E-state index in [-0.39, 0.29) is 18.9 Å². The van der Waals surface area contributed by atoms with E-state index in [0.29, 0.717) is 12.3 Å². The molecule has 1 aliphatic carbocycles.